The van der Waals surface area contributed by atoms with E-state index >= 15 is 0 Å². The summed E-state index contributed by atoms with van der Waals surface area (Å²) in [6.45, 7) is 0.486. The predicted octanol–water partition coefficient (Wildman–Crippen LogP) is 2.49. The number of benzene rings is 1. The molecule has 0 saturated carbocycles. The molecule has 22 heavy (non-hydrogen) atoms. The third-order valence-electron chi connectivity index (χ3n) is 3.43. The zero-order valence-corrected chi connectivity index (χ0v) is 13.1. The van der Waals surface area contributed by atoms with Crippen molar-refractivity contribution >= 4 is 6.03 Å². The Kier molecular flexibility index (Phi) is 5.36. The van der Waals surface area contributed by atoms with E-state index in [1.807, 2.05) is 42.5 Å². The molecule has 1 aromatic carbocycles. The van der Waals surface area contributed by atoms with Gasteiger partial charge in [0, 0.05) is 38.4 Å². The Balaban J connectivity index is 2.23. The molecule has 5 heteroatoms. The predicted molar refractivity (Wildman–Crippen MR) is 86.2 cm³/mol. The SMILES string of the molecule is COc1ccc(C(CNC(=O)N(C)C)c2ccccn2)cc1. The largest absolute Gasteiger partial charge is 0.497 e. The van der Waals surface area contributed by atoms with Gasteiger partial charge < -0.3 is 15.0 Å². The number of ether oxygens (including phenoxy) is 1. The second-order valence-electron chi connectivity index (χ2n) is 5.16. The number of pyridine rings is 1. The molecule has 2 aromatic rings. The van der Waals surface area contributed by atoms with E-state index < -0.39 is 0 Å². The van der Waals surface area contributed by atoms with Gasteiger partial charge in [-0.3, -0.25) is 4.98 Å². The van der Waals surface area contributed by atoms with Crippen molar-refractivity contribution in [3.8, 4) is 5.75 Å². The van der Waals surface area contributed by atoms with Crippen molar-refractivity contribution in [3.63, 3.8) is 0 Å². The molecule has 0 radical (unpaired) electrons. The summed E-state index contributed by atoms with van der Waals surface area (Å²) in [7, 11) is 5.08. The fraction of sp³-hybridized carbons (Fsp3) is 0.294. The first kappa shape index (κ1) is 15.8. The van der Waals surface area contributed by atoms with Crippen LogP contribution in [0.15, 0.2) is 48.7 Å². The number of carbonyl (C=O) groups is 1. The monoisotopic (exact) mass is 299 g/mol. The van der Waals surface area contributed by atoms with Crippen LogP contribution in [0, 0.1) is 0 Å². The standard InChI is InChI=1S/C17H21N3O2/c1-20(2)17(21)19-12-15(16-6-4-5-11-18-16)13-7-9-14(22-3)10-8-13/h4-11,15H,12H2,1-3H3,(H,19,21). The van der Waals surface area contributed by atoms with Gasteiger partial charge in [0.2, 0.25) is 0 Å². The van der Waals surface area contributed by atoms with Crippen LogP contribution in [-0.2, 0) is 0 Å². The Labute approximate surface area is 130 Å². The highest BCUT2D eigenvalue weighted by Gasteiger charge is 2.17. The van der Waals surface area contributed by atoms with Gasteiger partial charge in [0.15, 0.2) is 0 Å². The highest BCUT2D eigenvalue weighted by Crippen LogP contribution is 2.24. The maximum Gasteiger partial charge on any atom is 0.316 e. The molecule has 0 fully saturated rings. The third kappa shape index (κ3) is 3.97. The van der Waals surface area contributed by atoms with Gasteiger partial charge in [0.25, 0.3) is 0 Å². The number of amides is 2. The molecule has 0 aliphatic rings. The first-order valence-electron chi connectivity index (χ1n) is 7.12. The maximum atomic E-state index is 11.8. The Morgan fingerprint density at radius 1 is 1.23 bits per heavy atom. The lowest BCUT2D eigenvalue weighted by molar-refractivity contribution is 0.217. The number of hydrogen-bond acceptors (Lipinski definition) is 3. The zero-order valence-electron chi connectivity index (χ0n) is 13.1. The van der Waals surface area contributed by atoms with E-state index in [-0.39, 0.29) is 11.9 Å². The Morgan fingerprint density at radius 3 is 2.50 bits per heavy atom. The molecular weight excluding hydrogens is 278 g/mol. The van der Waals surface area contributed by atoms with Crippen LogP contribution in [0.1, 0.15) is 17.2 Å². The molecule has 5 nitrogen and oxygen atoms in total. The number of aromatic nitrogens is 1. The summed E-state index contributed by atoms with van der Waals surface area (Å²) in [5, 5.41) is 2.92. The molecule has 1 aromatic heterocycles. The van der Waals surface area contributed by atoms with Crippen molar-refractivity contribution in [1.82, 2.24) is 15.2 Å². The molecule has 0 saturated heterocycles. The molecule has 116 valence electrons. The van der Waals surface area contributed by atoms with Crippen molar-refractivity contribution in [2.24, 2.45) is 0 Å². The van der Waals surface area contributed by atoms with Gasteiger partial charge in [-0.25, -0.2) is 4.79 Å². The number of hydrogen-bond donors (Lipinski definition) is 1. The summed E-state index contributed by atoms with van der Waals surface area (Å²) in [4.78, 5) is 17.7. The number of carbonyl (C=O) groups excluding carboxylic acids is 1. The Morgan fingerprint density at radius 2 is 1.95 bits per heavy atom. The zero-order chi connectivity index (χ0) is 15.9. The number of rotatable bonds is 5. The van der Waals surface area contributed by atoms with Gasteiger partial charge in [0.05, 0.1) is 7.11 Å². The molecule has 2 amide bonds. The molecule has 0 bridgehead atoms. The minimum Gasteiger partial charge on any atom is -0.497 e. The van der Waals surface area contributed by atoms with E-state index in [0.717, 1.165) is 17.0 Å². The van der Waals surface area contributed by atoms with Crippen LogP contribution < -0.4 is 10.1 Å². The number of urea groups is 1. The Hall–Kier alpha value is -2.56. The smallest absolute Gasteiger partial charge is 0.316 e. The lowest BCUT2D eigenvalue weighted by Gasteiger charge is -2.20. The fourth-order valence-corrected chi connectivity index (χ4v) is 2.16. The lowest BCUT2D eigenvalue weighted by atomic mass is 9.95. The second kappa shape index (κ2) is 7.45. The number of methoxy groups -OCH3 is 1. The summed E-state index contributed by atoms with van der Waals surface area (Å²) in [6.07, 6.45) is 1.76. The molecule has 0 aliphatic heterocycles. The van der Waals surface area contributed by atoms with Gasteiger partial charge in [0.1, 0.15) is 5.75 Å². The van der Waals surface area contributed by atoms with E-state index in [1.54, 1.807) is 27.4 Å². The van der Waals surface area contributed by atoms with Gasteiger partial charge in [-0.2, -0.15) is 0 Å². The van der Waals surface area contributed by atoms with Crippen LogP contribution in [-0.4, -0.2) is 43.7 Å². The molecule has 0 spiro atoms. The van der Waals surface area contributed by atoms with Crippen LogP contribution in [0.4, 0.5) is 4.79 Å². The normalized spacial score (nSPS) is 11.6. The van der Waals surface area contributed by atoms with Crippen molar-refractivity contribution in [1.29, 1.82) is 0 Å². The molecule has 1 unspecified atom stereocenters. The number of nitrogens with zero attached hydrogens (tertiary/aromatic N) is 2. The fourth-order valence-electron chi connectivity index (χ4n) is 2.16. The van der Waals surface area contributed by atoms with E-state index in [0.29, 0.717) is 6.54 Å². The topological polar surface area (TPSA) is 54.5 Å². The first-order valence-corrected chi connectivity index (χ1v) is 7.12. The van der Waals surface area contributed by atoms with Crippen LogP contribution in [0.3, 0.4) is 0 Å². The van der Waals surface area contributed by atoms with E-state index in [1.165, 1.54) is 4.90 Å². The van der Waals surface area contributed by atoms with E-state index in [2.05, 4.69) is 10.3 Å². The van der Waals surface area contributed by atoms with Gasteiger partial charge in [-0.05, 0) is 29.8 Å². The second-order valence-corrected chi connectivity index (χ2v) is 5.16. The molecule has 0 aliphatic carbocycles. The van der Waals surface area contributed by atoms with Gasteiger partial charge in [-0.1, -0.05) is 18.2 Å². The minimum atomic E-state index is -0.116. The molecular formula is C17H21N3O2. The Bertz CT molecular complexity index is 597. The summed E-state index contributed by atoms with van der Waals surface area (Å²) in [5.41, 5.74) is 2.00. The molecule has 1 N–H and O–H groups in total. The molecule has 2 rings (SSSR count). The maximum absolute atomic E-state index is 11.8. The molecule has 1 heterocycles. The van der Waals surface area contributed by atoms with Crippen molar-refractivity contribution < 1.29 is 9.53 Å². The first-order chi connectivity index (χ1) is 10.6. The highest BCUT2D eigenvalue weighted by atomic mass is 16.5. The van der Waals surface area contributed by atoms with Gasteiger partial charge in [-0.15, -0.1) is 0 Å². The molecule has 1 atom stereocenters. The van der Waals surface area contributed by atoms with Crippen LogP contribution in [0.5, 0.6) is 5.75 Å². The van der Waals surface area contributed by atoms with Crippen molar-refractivity contribution in [2.45, 2.75) is 5.92 Å². The highest BCUT2D eigenvalue weighted by molar-refractivity contribution is 5.73. The summed E-state index contributed by atoms with van der Waals surface area (Å²) >= 11 is 0. The van der Waals surface area contributed by atoms with E-state index in [4.69, 9.17) is 4.74 Å². The van der Waals surface area contributed by atoms with E-state index in [9.17, 15) is 4.79 Å². The third-order valence-corrected chi connectivity index (χ3v) is 3.43. The average Bonchev–Trinajstić information content (AvgIpc) is 2.56. The summed E-state index contributed by atoms with van der Waals surface area (Å²) in [5.74, 6) is 0.803. The number of nitrogens with one attached hydrogen (secondary N) is 1. The quantitative estimate of drug-likeness (QED) is 0.923. The van der Waals surface area contributed by atoms with Crippen LogP contribution in [0.2, 0.25) is 0 Å². The summed E-state index contributed by atoms with van der Waals surface area (Å²) in [6, 6.07) is 13.5. The van der Waals surface area contributed by atoms with Gasteiger partial charge >= 0.3 is 6.03 Å². The van der Waals surface area contributed by atoms with Crippen molar-refractivity contribution in [2.75, 3.05) is 27.7 Å². The summed E-state index contributed by atoms with van der Waals surface area (Å²) < 4.78 is 5.19. The van der Waals surface area contributed by atoms with Crippen LogP contribution >= 0.6 is 0 Å². The lowest BCUT2D eigenvalue weighted by Crippen LogP contribution is -2.37. The van der Waals surface area contributed by atoms with Crippen LogP contribution in [0.25, 0.3) is 0 Å². The average molecular weight is 299 g/mol. The van der Waals surface area contributed by atoms with Crippen molar-refractivity contribution in [3.05, 3.63) is 59.9 Å². The minimum absolute atomic E-state index is 0.00370.